The summed E-state index contributed by atoms with van der Waals surface area (Å²) in [6.45, 7) is -0.225. The van der Waals surface area contributed by atoms with Gasteiger partial charge in [-0.15, -0.1) is 0 Å². The Balaban J connectivity index is 1.27. The molecule has 0 saturated heterocycles. The minimum Gasteiger partial charge on any atom is -0.467 e. The summed E-state index contributed by atoms with van der Waals surface area (Å²) >= 11 is 12.9. The van der Waals surface area contributed by atoms with E-state index in [9.17, 15) is 14.4 Å². The highest BCUT2D eigenvalue weighted by molar-refractivity contribution is 6.41. The number of fused-ring (bicyclic) bond motifs is 2. The van der Waals surface area contributed by atoms with Gasteiger partial charge in [0.1, 0.15) is 6.04 Å². The zero-order valence-electron chi connectivity index (χ0n) is 21.9. The van der Waals surface area contributed by atoms with Crippen molar-refractivity contribution < 1.29 is 19.1 Å². The van der Waals surface area contributed by atoms with Gasteiger partial charge >= 0.3 is 12.0 Å². The van der Waals surface area contributed by atoms with Crippen molar-refractivity contribution in [3.05, 3.63) is 93.6 Å². The summed E-state index contributed by atoms with van der Waals surface area (Å²) in [4.78, 5) is 47.2. The number of para-hydroxylation sites is 1. The minimum atomic E-state index is -1.21. The number of carbonyl (C=O) groups excluding carboxylic acids is 3. The number of carbonyl (C=O) groups is 3. The van der Waals surface area contributed by atoms with Crippen molar-refractivity contribution in [3.63, 3.8) is 0 Å². The van der Waals surface area contributed by atoms with Gasteiger partial charge in [-0.1, -0.05) is 65.7 Å². The number of hydrogen-bond acceptors (Lipinski definition) is 7. The summed E-state index contributed by atoms with van der Waals surface area (Å²) in [5.74, 6) is -1.21. The molecule has 4 aromatic rings. The molecule has 12 heteroatoms. The van der Waals surface area contributed by atoms with E-state index in [1.807, 2.05) is 48.5 Å². The number of methoxy groups -OCH3 is 1. The molecule has 5 rings (SSSR count). The van der Waals surface area contributed by atoms with E-state index >= 15 is 0 Å². The number of hydrogen-bond donors (Lipinski definition) is 4. The Morgan fingerprint density at radius 3 is 2.66 bits per heavy atom. The predicted octanol–water partition coefficient (Wildman–Crippen LogP) is 4.94. The molecule has 0 radical (unpaired) electrons. The van der Waals surface area contributed by atoms with Crippen molar-refractivity contribution in [2.45, 2.75) is 24.9 Å². The molecule has 0 spiro atoms. The highest BCUT2D eigenvalue weighted by atomic mass is 35.5. The van der Waals surface area contributed by atoms with Crippen LogP contribution in [0.25, 0.3) is 10.9 Å². The fraction of sp³-hybridized carbons (Fsp3) is 0.207. The van der Waals surface area contributed by atoms with Gasteiger partial charge in [0.05, 0.1) is 46.5 Å². The van der Waals surface area contributed by atoms with Crippen molar-refractivity contribution >= 4 is 63.6 Å². The number of aromatic nitrogens is 2. The lowest BCUT2D eigenvalue weighted by Gasteiger charge is -2.20. The van der Waals surface area contributed by atoms with Crippen molar-refractivity contribution in [2.75, 3.05) is 19.0 Å². The van der Waals surface area contributed by atoms with Crippen LogP contribution in [0.3, 0.4) is 0 Å². The van der Waals surface area contributed by atoms with Gasteiger partial charge in [-0.25, -0.2) is 19.6 Å². The number of anilines is 2. The van der Waals surface area contributed by atoms with Crippen molar-refractivity contribution in [3.8, 4) is 0 Å². The summed E-state index contributed by atoms with van der Waals surface area (Å²) in [7, 11) is 1.19. The van der Waals surface area contributed by atoms with E-state index in [2.05, 4.69) is 31.2 Å². The van der Waals surface area contributed by atoms with Crippen molar-refractivity contribution in [2.24, 2.45) is 0 Å². The van der Waals surface area contributed by atoms with E-state index < -0.39 is 23.9 Å². The molecule has 210 valence electrons. The van der Waals surface area contributed by atoms with Crippen molar-refractivity contribution in [1.82, 2.24) is 25.9 Å². The smallest absolute Gasteiger partial charge is 0.330 e. The third kappa shape index (κ3) is 6.34. The fourth-order valence-electron chi connectivity index (χ4n) is 4.69. The van der Waals surface area contributed by atoms with Gasteiger partial charge in [-0.3, -0.25) is 4.79 Å². The van der Waals surface area contributed by atoms with E-state index in [1.54, 1.807) is 12.3 Å². The monoisotopic (exact) mass is 592 g/mol. The molecule has 0 saturated carbocycles. The molecular formula is C29H26Cl2N6O4. The van der Waals surface area contributed by atoms with Gasteiger partial charge in [-0.05, 0) is 42.2 Å². The highest BCUT2D eigenvalue weighted by Crippen LogP contribution is 2.33. The maximum Gasteiger partial charge on any atom is 0.330 e. The normalized spacial score (nSPS) is 14.6. The summed E-state index contributed by atoms with van der Waals surface area (Å²) < 4.78 is 4.84. The van der Waals surface area contributed by atoms with Gasteiger partial charge in [0.15, 0.2) is 0 Å². The SMILES string of the molecule is COC(=O)C(CNC(=O)N[C@@H]1CCc2ccccc21)NC(=O)c1c(Cl)ccc(Nc2ncc3ccccc3n2)c1Cl. The molecule has 2 atom stereocenters. The van der Waals surface area contributed by atoms with Crippen LogP contribution in [0.2, 0.25) is 10.0 Å². The molecule has 3 amide bonds. The highest BCUT2D eigenvalue weighted by Gasteiger charge is 2.28. The van der Waals surface area contributed by atoms with Gasteiger partial charge < -0.3 is 26.0 Å². The van der Waals surface area contributed by atoms with Gasteiger partial charge in [0.2, 0.25) is 5.95 Å². The number of aryl methyl sites for hydroxylation is 1. The third-order valence-electron chi connectivity index (χ3n) is 6.75. The zero-order valence-corrected chi connectivity index (χ0v) is 23.4. The van der Waals surface area contributed by atoms with E-state index in [-0.39, 0.29) is 34.1 Å². The predicted molar refractivity (Wildman–Crippen MR) is 157 cm³/mol. The molecule has 1 aromatic heterocycles. The largest absolute Gasteiger partial charge is 0.467 e. The van der Waals surface area contributed by atoms with Crippen LogP contribution in [0.15, 0.2) is 66.9 Å². The number of benzene rings is 3. The molecule has 1 unspecified atom stereocenters. The lowest BCUT2D eigenvalue weighted by molar-refractivity contribution is -0.142. The number of amides is 3. The molecule has 1 aliphatic rings. The van der Waals surface area contributed by atoms with Crippen LogP contribution in [0.5, 0.6) is 0 Å². The molecule has 4 N–H and O–H groups in total. The Morgan fingerprint density at radius 2 is 1.83 bits per heavy atom. The molecule has 3 aromatic carbocycles. The first kappa shape index (κ1) is 28.1. The third-order valence-corrected chi connectivity index (χ3v) is 7.46. The Hall–Kier alpha value is -4.41. The van der Waals surface area contributed by atoms with Gasteiger partial charge in [0.25, 0.3) is 5.91 Å². The Bertz CT molecular complexity index is 1630. The maximum atomic E-state index is 13.3. The second-order valence-electron chi connectivity index (χ2n) is 9.35. The fourth-order valence-corrected chi connectivity index (χ4v) is 5.28. The maximum absolute atomic E-state index is 13.3. The van der Waals surface area contributed by atoms with Gasteiger partial charge in [-0.2, -0.15) is 0 Å². The quantitative estimate of drug-likeness (QED) is 0.213. The molecule has 0 aliphatic heterocycles. The van der Waals surface area contributed by atoms with E-state index in [4.69, 9.17) is 27.9 Å². The van der Waals surface area contributed by atoms with E-state index in [0.717, 1.165) is 29.3 Å². The summed E-state index contributed by atoms with van der Waals surface area (Å²) in [6.07, 6.45) is 3.30. The Morgan fingerprint density at radius 1 is 1.05 bits per heavy atom. The Kier molecular flexibility index (Phi) is 8.51. The zero-order chi connectivity index (χ0) is 28.9. The number of rotatable bonds is 8. The summed E-state index contributed by atoms with van der Waals surface area (Å²) in [5, 5.41) is 12.1. The summed E-state index contributed by atoms with van der Waals surface area (Å²) in [5.41, 5.74) is 3.24. The van der Waals surface area contributed by atoms with Crippen LogP contribution < -0.4 is 21.3 Å². The number of halogens is 2. The molecular weight excluding hydrogens is 567 g/mol. The van der Waals surface area contributed by atoms with Crippen molar-refractivity contribution in [1.29, 1.82) is 0 Å². The topological polar surface area (TPSA) is 134 Å². The van der Waals surface area contributed by atoms with Crippen LogP contribution in [0.1, 0.15) is 33.9 Å². The number of urea groups is 1. The van der Waals surface area contributed by atoms with Crippen LogP contribution in [0.4, 0.5) is 16.4 Å². The molecule has 1 heterocycles. The molecule has 1 aliphatic carbocycles. The van der Waals surface area contributed by atoms with Crippen LogP contribution in [-0.4, -0.2) is 47.6 Å². The minimum absolute atomic E-state index is 0.000903. The van der Waals surface area contributed by atoms with E-state index in [1.165, 1.54) is 18.7 Å². The molecule has 0 fully saturated rings. The number of esters is 1. The summed E-state index contributed by atoms with van der Waals surface area (Å²) in [6, 6.07) is 16.6. The lowest BCUT2D eigenvalue weighted by Crippen LogP contribution is -2.51. The molecule has 0 bridgehead atoms. The van der Waals surface area contributed by atoms with Crippen LogP contribution in [0, 0.1) is 0 Å². The Labute approximate surface area is 245 Å². The molecule has 10 nitrogen and oxygen atoms in total. The lowest BCUT2D eigenvalue weighted by atomic mass is 10.1. The van der Waals surface area contributed by atoms with E-state index in [0.29, 0.717) is 5.69 Å². The van der Waals surface area contributed by atoms with Crippen LogP contribution in [-0.2, 0) is 16.0 Å². The first-order chi connectivity index (χ1) is 19.8. The van der Waals surface area contributed by atoms with Crippen LogP contribution >= 0.6 is 23.2 Å². The average Bonchev–Trinajstić information content (AvgIpc) is 3.38. The first-order valence-corrected chi connectivity index (χ1v) is 13.6. The standard InChI is InChI=1S/C29H26Cl2N6O4/c1-41-27(39)23(15-33-29(40)37-21-12-10-16-6-2-4-8-18(16)21)34-26(38)24-19(30)11-13-22(25(24)31)36-28-32-14-17-7-3-5-9-20(17)35-28/h2-9,11,13-14,21,23H,10,12,15H2,1H3,(H,34,38)(H,32,35,36)(H2,33,37,40)/t21-,23?/m1/s1. The number of ether oxygens (including phenoxy) is 1. The average molecular weight is 593 g/mol. The number of nitrogens with one attached hydrogen (secondary N) is 4. The van der Waals surface area contributed by atoms with Gasteiger partial charge in [0, 0.05) is 11.6 Å². The molecule has 41 heavy (non-hydrogen) atoms. The first-order valence-electron chi connectivity index (χ1n) is 12.8. The second kappa shape index (κ2) is 12.4. The number of nitrogens with zero attached hydrogens (tertiary/aromatic N) is 2. The second-order valence-corrected chi connectivity index (χ2v) is 10.1.